The second-order valence-electron chi connectivity index (χ2n) is 2.78. The second-order valence-corrected chi connectivity index (χ2v) is 2.78. The van der Waals surface area contributed by atoms with Gasteiger partial charge in [0.15, 0.2) is 12.4 Å². The van der Waals surface area contributed by atoms with Crippen molar-refractivity contribution in [1.82, 2.24) is 0 Å². The van der Waals surface area contributed by atoms with Gasteiger partial charge in [-0.05, 0) is 0 Å². The van der Waals surface area contributed by atoms with Gasteiger partial charge < -0.3 is 4.90 Å². The van der Waals surface area contributed by atoms with Gasteiger partial charge in [0.2, 0.25) is 6.54 Å². The minimum Gasteiger partial charge on any atom is -0.377 e. The molecule has 0 fully saturated rings. The Balaban J connectivity index is 2.80. The van der Waals surface area contributed by atoms with E-state index in [9.17, 15) is 0 Å². The van der Waals surface area contributed by atoms with Gasteiger partial charge in [-0.25, -0.2) is 0 Å². The number of hydrogen-bond donors (Lipinski definition) is 0. The number of nitriles is 1. The fourth-order valence-electron chi connectivity index (χ4n) is 0.935. The molecule has 0 N–H and O–H groups in total. The van der Waals surface area contributed by atoms with Crippen molar-refractivity contribution in [3.05, 3.63) is 24.5 Å². The van der Waals surface area contributed by atoms with Crippen molar-refractivity contribution in [3.63, 3.8) is 0 Å². The first-order chi connectivity index (χ1) is 5.74. The highest BCUT2D eigenvalue weighted by Gasteiger charge is 1.99. The van der Waals surface area contributed by atoms with E-state index < -0.39 is 0 Å². The first-order valence-corrected chi connectivity index (χ1v) is 3.77. The lowest BCUT2D eigenvalue weighted by Crippen LogP contribution is -2.31. The lowest BCUT2D eigenvalue weighted by molar-refractivity contribution is -0.685. The summed E-state index contributed by atoms with van der Waals surface area (Å²) in [7, 11) is 3.98. The van der Waals surface area contributed by atoms with Crippen LogP contribution in [0.5, 0.6) is 0 Å². The summed E-state index contributed by atoms with van der Waals surface area (Å²) < 4.78 is 1.84. The van der Waals surface area contributed by atoms with Crippen molar-refractivity contribution in [2.75, 3.05) is 19.0 Å². The molecule has 0 spiro atoms. The maximum atomic E-state index is 8.42. The van der Waals surface area contributed by atoms with E-state index in [4.69, 9.17) is 5.26 Å². The molecule has 3 heteroatoms. The van der Waals surface area contributed by atoms with Crippen LogP contribution in [0.25, 0.3) is 0 Å². The zero-order chi connectivity index (χ0) is 8.97. The van der Waals surface area contributed by atoms with Crippen LogP contribution < -0.4 is 9.47 Å². The average Bonchev–Trinajstić information content (AvgIpc) is 2.06. The van der Waals surface area contributed by atoms with Crippen LogP contribution in [0.15, 0.2) is 24.5 Å². The fourth-order valence-corrected chi connectivity index (χ4v) is 0.935. The van der Waals surface area contributed by atoms with Crippen molar-refractivity contribution in [2.24, 2.45) is 0 Å². The molecule has 1 heterocycles. The summed E-state index contributed by atoms with van der Waals surface area (Å²) in [5, 5.41) is 8.42. The third-order valence-electron chi connectivity index (χ3n) is 1.64. The standard InChI is InChI=1S/C9H12N3/c1-11(2)9-3-6-12(7-4-9)8-5-10/h3-4,6-7H,8H2,1-2H3/q+1. The van der Waals surface area contributed by atoms with E-state index in [1.807, 2.05) is 48.1 Å². The molecule has 0 saturated carbocycles. The molecule has 62 valence electrons. The Morgan fingerprint density at radius 2 is 2.00 bits per heavy atom. The van der Waals surface area contributed by atoms with Crippen LogP contribution >= 0.6 is 0 Å². The Kier molecular flexibility index (Phi) is 2.65. The van der Waals surface area contributed by atoms with Gasteiger partial charge in [-0.2, -0.15) is 9.83 Å². The highest BCUT2D eigenvalue weighted by atomic mass is 15.1. The topological polar surface area (TPSA) is 30.9 Å². The molecule has 0 aromatic carbocycles. The Morgan fingerprint density at radius 3 is 2.42 bits per heavy atom. The molecule has 0 aliphatic carbocycles. The molecular weight excluding hydrogens is 150 g/mol. The van der Waals surface area contributed by atoms with Crippen LogP contribution in [0.1, 0.15) is 0 Å². The molecule has 0 unspecified atom stereocenters. The monoisotopic (exact) mass is 162 g/mol. The minimum absolute atomic E-state index is 0.410. The molecule has 3 nitrogen and oxygen atoms in total. The van der Waals surface area contributed by atoms with Crippen LogP contribution in [0, 0.1) is 11.3 Å². The summed E-state index contributed by atoms with van der Waals surface area (Å²) in [6, 6.07) is 6.05. The summed E-state index contributed by atoms with van der Waals surface area (Å²) in [6.07, 6.45) is 3.80. The minimum atomic E-state index is 0.410. The first kappa shape index (κ1) is 8.54. The molecule has 1 rings (SSSR count). The van der Waals surface area contributed by atoms with Gasteiger partial charge in [-0.1, -0.05) is 0 Å². The SMILES string of the molecule is CN(C)c1cc[n+](CC#N)cc1. The van der Waals surface area contributed by atoms with Crippen molar-refractivity contribution in [2.45, 2.75) is 6.54 Å². The molecule has 0 bridgehead atoms. The predicted octanol–water partition coefficient (Wildman–Crippen LogP) is 0.564. The van der Waals surface area contributed by atoms with E-state index in [2.05, 4.69) is 6.07 Å². The Labute approximate surface area is 72.5 Å². The normalized spacial score (nSPS) is 9.08. The summed E-state index contributed by atoms with van der Waals surface area (Å²) in [6.45, 7) is 0.410. The van der Waals surface area contributed by atoms with Gasteiger partial charge in [-0.15, -0.1) is 0 Å². The van der Waals surface area contributed by atoms with Gasteiger partial charge >= 0.3 is 0 Å². The second kappa shape index (κ2) is 3.72. The van der Waals surface area contributed by atoms with Crippen molar-refractivity contribution < 1.29 is 4.57 Å². The number of nitrogens with zero attached hydrogens (tertiary/aromatic N) is 3. The fraction of sp³-hybridized carbons (Fsp3) is 0.333. The van der Waals surface area contributed by atoms with E-state index in [-0.39, 0.29) is 0 Å². The smallest absolute Gasteiger partial charge is 0.233 e. The predicted molar refractivity (Wildman–Crippen MR) is 46.6 cm³/mol. The number of pyridine rings is 1. The number of aromatic nitrogens is 1. The van der Waals surface area contributed by atoms with Gasteiger partial charge in [-0.3, -0.25) is 0 Å². The van der Waals surface area contributed by atoms with Gasteiger partial charge in [0.25, 0.3) is 0 Å². The molecule has 0 aliphatic heterocycles. The Bertz CT molecular complexity index is 282. The van der Waals surface area contributed by atoms with Crippen LogP contribution in [-0.2, 0) is 6.54 Å². The third-order valence-corrected chi connectivity index (χ3v) is 1.64. The quantitative estimate of drug-likeness (QED) is 0.595. The Morgan fingerprint density at radius 1 is 1.42 bits per heavy atom. The largest absolute Gasteiger partial charge is 0.377 e. The van der Waals surface area contributed by atoms with Crippen LogP contribution in [0.3, 0.4) is 0 Å². The summed E-state index contributed by atoms with van der Waals surface area (Å²) >= 11 is 0. The molecule has 0 radical (unpaired) electrons. The van der Waals surface area contributed by atoms with Crippen molar-refractivity contribution >= 4 is 5.69 Å². The zero-order valence-electron chi connectivity index (χ0n) is 7.36. The van der Waals surface area contributed by atoms with Crippen LogP contribution in [-0.4, -0.2) is 14.1 Å². The van der Waals surface area contributed by atoms with E-state index in [0.29, 0.717) is 6.54 Å². The van der Waals surface area contributed by atoms with Crippen molar-refractivity contribution in [3.8, 4) is 6.07 Å². The molecular formula is C9H12N3+. The molecule has 1 aromatic rings. The molecule has 1 aromatic heterocycles. The molecule has 12 heavy (non-hydrogen) atoms. The highest BCUT2D eigenvalue weighted by molar-refractivity contribution is 5.41. The van der Waals surface area contributed by atoms with E-state index in [0.717, 1.165) is 5.69 Å². The number of hydrogen-bond acceptors (Lipinski definition) is 2. The summed E-state index contributed by atoms with van der Waals surface area (Å²) in [4.78, 5) is 2.02. The molecule has 0 atom stereocenters. The summed E-state index contributed by atoms with van der Waals surface area (Å²) in [5.41, 5.74) is 1.14. The van der Waals surface area contributed by atoms with Gasteiger partial charge in [0.05, 0.1) is 0 Å². The number of rotatable bonds is 2. The first-order valence-electron chi connectivity index (χ1n) is 3.77. The Hall–Kier alpha value is -1.56. The lowest BCUT2D eigenvalue weighted by Gasteiger charge is -2.09. The van der Waals surface area contributed by atoms with E-state index in [1.165, 1.54) is 0 Å². The zero-order valence-corrected chi connectivity index (χ0v) is 7.36. The van der Waals surface area contributed by atoms with Crippen LogP contribution in [0.2, 0.25) is 0 Å². The van der Waals surface area contributed by atoms with E-state index in [1.54, 1.807) is 0 Å². The average molecular weight is 162 g/mol. The number of anilines is 1. The maximum Gasteiger partial charge on any atom is 0.233 e. The van der Waals surface area contributed by atoms with Gasteiger partial charge in [0.1, 0.15) is 6.07 Å². The maximum absolute atomic E-state index is 8.42. The van der Waals surface area contributed by atoms with Crippen LogP contribution in [0.4, 0.5) is 5.69 Å². The van der Waals surface area contributed by atoms with Crippen molar-refractivity contribution in [1.29, 1.82) is 5.26 Å². The molecule has 0 saturated heterocycles. The lowest BCUT2D eigenvalue weighted by atomic mass is 10.4. The summed E-state index contributed by atoms with van der Waals surface area (Å²) in [5.74, 6) is 0. The van der Waals surface area contributed by atoms with Gasteiger partial charge in [0, 0.05) is 31.9 Å². The third kappa shape index (κ3) is 1.96. The van der Waals surface area contributed by atoms with E-state index >= 15 is 0 Å². The highest BCUT2D eigenvalue weighted by Crippen LogP contribution is 2.05. The molecule has 0 aliphatic rings. The molecule has 0 amide bonds.